The number of rotatable bonds is 9. The molecule has 4 heteroatoms. The van der Waals surface area contributed by atoms with Crippen LogP contribution in [-0.4, -0.2) is 25.8 Å². The molecule has 0 unspecified atom stereocenters. The Kier molecular flexibility index (Phi) is 11.7. The molecule has 0 aromatic carbocycles. The average molecular weight is 222 g/mol. The summed E-state index contributed by atoms with van der Waals surface area (Å²) in [5.74, 6) is 0.455. The third-order valence-corrected chi connectivity index (χ3v) is 1.40. The van der Waals surface area contributed by atoms with Gasteiger partial charge in [-0.25, -0.2) is 4.39 Å². The van der Waals surface area contributed by atoms with Crippen molar-refractivity contribution in [3.8, 4) is 0 Å². The van der Waals surface area contributed by atoms with Crippen LogP contribution < -0.4 is 0 Å². The van der Waals surface area contributed by atoms with Gasteiger partial charge in [-0.3, -0.25) is 0 Å². The van der Waals surface area contributed by atoms with Gasteiger partial charge in [0, 0.05) is 12.3 Å². The predicted molar refractivity (Wildman–Crippen MR) is 55.8 cm³/mol. The molecule has 0 aliphatic carbocycles. The summed E-state index contributed by atoms with van der Waals surface area (Å²) >= 11 is 5.38. The van der Waals surface area contributed by atoms with Crippen molar-refractivity contribution >= 4 is 11.6 Å². The lowest BCUT2D eigenvalue weighted by Gasteiger charge is -2.00. The number of hydrogen-bond acceptors (Lipinski definition) is 2. The summed E-state index contributed by atoms with van der Waals surface area (Å²) in [6, 6.07) is 0. The van der Waals surface area contributed by atoms with E-state index in [2.05, 4.69) is 0 Å². The molecule has 0 aliphatic heterocycles. The Balaban J connectivity index is 2.99. The second kappa shape index (κ2) is 12.3. The number of halogens is 2. The normalized spacial score (nSPS) is 11.3. The lowest BCUT2D eigenvalue weighted by Crippen LogP contribution is -1.93. The molecule has 1 radical (unpaired) electrons. The van der Waals surface area contributed by atoms with E-state index in [1.807, 2.05) is 6.42 Å². The summed E-state index contributed by atoms with van der Waals surface area (Å²) in [5, 5.41) is 0. The van der Waals surface area contributed by atoms with E-state index < -0.39 is 6.67 Å². The minimum absolute atomic E-state index is 0.455. The van der Waals surface area contributed by atoms with Crippen LogP contribution in [-0.2, 0) is 9.47 Å². The minimum Gasteiger partial charge on any atom is -0.501 e. The van der Waals surface area contributed by atoms with Gasteiger partial charge in [-0.05, 0) is 18.6 Å². The first-order valence-electron chi connectivity index (χ1n) is 4.38. The second-order valence-electron chi connectivity index (χ2n) is 2.33. The summed E-state index contributed by atoms with van der Waals surface area (Å²) in [4.78, 5) is 0. The van der Waals surface area contributed by atoms with Crippen LogP contribution in [0.3, 0.4) is 0 Å². The molecule has 0 fully saturated rings. The lowest BCUT2D eigenvalue weighted by molar-refractivity contribution is 0.232. The Morgan fingerprint density at radius 3 is 2.64 bits per heavy atom. The predicted octanol–water partition coefficient (Wildman–Crippen LogP) is 2.85. The molecule has 2 nitrogen and oxygen atoms in total. The van der Waals surface area contributed by atoms with E-state index in [1.54, 1.807) is 12.3 Å². The number of alkyl halides is 2. The Labute approximate surface area is 89.3 Å². The fraction of sp³-hybridized carbons (Fsp3) is 0.500. The van der Waals surface area contributed by atoms with Crippen LogP contribution in [0.4, 0.5) is 4.39 Å². The van der Waals surface area contributed by atoms with Gasteiger partial charge < -0.3 is 9.47 Å². The largest absolute Gasteiger partial charge is 0.501 e. The number of allylic oxidation sites excluding steroid dienone is 2. The topological polar surface area (TPSA) is 18.5 Å². The van der Waals surface area contributed by atoms with Crippen LogP contribution in [0.2, 0.25) is 0 Å². The highest BCUT2D eigenvalue weighted by atomic mass is 35.5. The molecule has 0 atom stereocenters. The standard InChI is InChI=1S/C10H15ClFO2/c11-5-3-9-13-7-1-2-8-14-10-4-6-12/h1,3-4,9-10H,2,5-8H2. The van der Waals surface area contributed by atoms with E-state index in [1.165, 1.54) is 12.3 Å². The van der Waals surface area contributed by atoms with Crippen LogP contribution in [0.25, 0.3) is 0 Å². The van der Waals surface area contributed by atoms with Crippen molar-refractivity contribution < 1.29 is 13.9 Å². The van der Waals surface area contributed by atoms with Gasteiger partial charge in [-0.1, -0.05) is 0 Å². The number of unbranched alkanes of at least 4 members (excludes halogenated alkanes) is 1. The zero-order chi connectivity index (χ0) is 10.5. The van der Waals surface area contributed by atoms with Crippen molar-refractivity contribution in [2.75, 3.05) is 25.8 Å². The van der Waals surface area contributed by atoms with E-state index in [4.69, 9.17) is 21.1 Å². The van der Waals surface area contributed by atoms with Crippen molar-refractivity contribution in [1.29, 1.82) is 0 Å². The van der Waals surface area contributed by atoms with Crippen LogP contribution in [0.1, 0.15) is 6.42 Å². The van der Waals surface area contributed by atoms with Crippen molar-refractivity contribution in [3.05, 3.63) is 31.1 Å². The summed E-state index contributed by atoms with van der Waals surface area (Å²) in [5.41, 5.74) is 0. The zero-order valence-corrected chi connectivity index (χ0v) is 8.75. The van der Waals surface area contributed by atoms with E-state index >= 15 is 0 Å². The van der Waals surface area contributed by atoms with Gasteiger partial charge in [0.15, 0.2) is 0 Å². The first kappa shape index (κ1) is 13.3. The van der Waals surface area contributed by atoms with Gasteiger partial charge in [0.05, 0.1) is 25.7 Å². The molecule has 0 aliphatic rings. The van der Waals surface area contributed by atoms with E-state index in [-0.39, 0.29) is 0 Å². The first-order chi connectivity index (χ1) is 6.91. The van der Waals surface area contributed by atoms with Crippen molar-refractivity contribution in [3.63, 3.8) is 0 Å². The number of ether oxygens (including phenoxy) is 2. The number of hydrogen-bond donors (Lipinski definition) is 0. The molecule has 0 saturated carbocycles. The average Bonchev–Trinajstić information content (AvgIpc) is 2.21. The third-order valence-electron chi connectivity index (χ3n) is 1.22. The van der Waals surface area contributed by atoms with Gasteiger partial charge in [-0.2, -0.15) is 0 Å². The maximum Gasteiger partial charge on any atom is 0.111 e. The Hall–Kier alpha value is -0.700. The van der Waals surface area contributed by atoms with Crippen LogP contribution in [0.15, 0.2) is 24.7 Å². The van der Waals surface area contributed by atoms with E-state index in [0.29, 0.717) is 19.1 Å². The molecule has 0 N–H and O–H groups in total. The van der Waals surface area contributed by atoms with Gasteiger partial charge >= 0.3 is 0 Å². The molecule has 0 aromatic rings. The third kappa shape index (κ3) is 11.3. The zero-order valence-electron chi connectivity index (χ0n) is 7.99. The fourth-order valence-electron chi connectivity index (χ4n) is 0.635. The molecule has 0 rings (SSSR count). The summed E-state index contributed by atoms with van der Waals surface area (Å²) in [6.45, 7) is 0.582. The summed E-state index contributed by atoms with van der Waals surface area (Å²) in [7, 11) is 0. The smallest absolute Gasteiger partial charge is 0.111 e. The molecule has 0 heterocycles. The quantitative estimate of drug-likeness (QED) is 0.339. The van der Waals surface area contributed by atoms with Crippen molar-refractivity contribution in [1.82, 2.24) is 0 Å². The summed E-state index contributed by atoms with van der Waals surface area (Å²) in [6.07, 6.45) is 8.66. The van der Waals surface area contributed by atoms with Crippen LogP contribution in [0, 0.1) is 6.42 Å². The Bertz CT molecular complexity index is 142. The molecule has 14 heavy (non-hydrogen) atoms. The highest BCUT2D eigenvalue weighted by molar-refractivity contribution is 6.18. The highest BCUT2D eigenvalue weighted by Crippen LogP contribution is 1.91. The Morgan fingerprint density at radius 2 is 1.93 bits per heavy atom. The fourth-order valence-corrected chi connectivity index (χ4v) is 0.708. The van der Waals surface area contributed by atoms with Crippen molar-refractivity contribution in [2.45, 2.75) is 6.42 Å². The molecule has 81 valence electrons. The van der Waals surface area contributed by atoms with Gasteiger partial charge in [0.25, 0.3) is 0 Å². The van der Waals surface area contributed by atoms with Crippen LogP contribution in [0.5, 0.6) is 0 Å². The van der Waals surface area contributed by atoms with Gasteiger partial charge in [-0.15, -0.1) is 11.6 Å². The first-order valence-corrected chi connectivity index (χ1v) is 4.92. The van der Waals surface area contributed by atoms with Gasteiger partial charge in [0.2, 0.25) is 0 Å². The maximum atomic E-state index is 11.5. The maximum absolute atomic E-state index is 11.5. The molecule has 0 aromatic heterocycles. The second-order valence-corrected chi connectivity index (χ2v) is 2.64. The van der Waals surface area contributed by atoms with E-state index in [9.17, 15) is 4.39 Å². The molecule has 0 spiro atoms. The molecule has 0 amide bonds. The molecule has 0 bridgehead atoms. The van der Waals surface area contributed by atoms with Gasteiger partial charge in [0.1, 0.15) is 6.67 Å². The molecular weight excluding hydrogens is 207 g/mol. The summed E-state index contributed by atoms with van der Waals surface area (Å²) < 4.78 is 21.5. The minimum atomic E-state index is -0.490. The highest BCUT2D eigenvalue weighted by Gasteiger charge is 1.87. The molecule has 0 saturated heterocycles. The van der Waals surface area contributed by atoms with E-state index in [0.717, 1.165) is 6.42 Å². The SMILES string of the molecule is FCC=COCC[CH]COC=CCCl. The lowest BCUT2D eigenvalue weighted by atomic mass is 10.3. The van der Waals surface area contributed by atoms with Crippen molar-refractivity contribution in [2.24, 2.45) is 0 Å². The monoisotopic (exact) mass is 221 g/mol. The molecular formula is C10H15ClFO2. The Morgan fingerprint density at radius 1 is 1.14 bits per heavy atom. The van der Waals surface area contributed by atoms with Crippen LogP contribution >= 0.6 is 11.6 Å².